The number of nitrogens with two attached hydrogens (primary N) is 1. The van der Waals surface area contributed by atoms with Crippen molar-refractivity contribution in [2.24, 2.45) is 10.7 Å². The van der Waals surface area contributed by atoms with Gasteiger partial charge in [0.25, 0.3) is 5.91 Å². The van der Waals surface area contributed by atoms with Crippen molar-refractivity contribution in [3.8, 4) is 17.2 Å². The maximum atomic E-state index is 13.5. The Morgan fingerprint density at radius 1 is 1.17 bits per heavy atom. The highest BCUT2D eigenvalue weighted by molar-refractivity contribution is 5.93. The van der Waals surface area contributed by atoms with Crippen molar-refractivity contribution >= 4 is 12.6 Å². The van der Waals surface area contributed by atoms with Gasteiger partial charge in [-0.2, -0.15) is 0 Å². The first kappa shape index (κ1) is 24.1. The molecule has 2 aromatic rings. The molecule has 184 valence electrons. The molecule has 35 heavy (non-hydrogen) atoms. The summed E-state index contributed by atoms with van der Waals surface area (Å²) in [7, 11) is 3.15. The molecule has 2 atom stereocenters. The van der Waals surface area contributed by atoms with Crippen molar-refractivity contribution in [3.05, 3.63) is 71.6 Å². The van der Waals surface area contributed by atoms with Crippen LogP contribution in [0.2, 0.25) is 0 Å². The molecule has 2 aliphatic rings. The van der Waals surface area contributed by atoms with Crippen LogP contribution in [0.15, 0.2) is 70.9 Å². The summed E-state index contributed by atoms with van der Waals surface area (Å²) in [6.45, 7) is 6.83. The summed E-state index contributed by atoms with van der Waals surface area (Å²) < 4.78 is 16.9. The monoisotopic (exact) mass is 477 g/mol. The summed E-state index contributed by atoms with van der Waals surface area (Å²) in [4.78, 5) is 25.9. The molecular weight excluding hydrogens is 446 g/mol. The van der Waals surface area contributed by atoms with Crippen molar-refractivity contribution in [1.82, 2.24) is 14.8 Å². The minimum absolute atomic E-state index is 0.0706. The molecule has 1 amide bonds. The number of allylic oxidation sites excluding steroid dienone is 2. The number of nitrogens with zero attached hydrogens (tertiary/aromatic N) is 4. The van der Waals surface area contributed by atoms with E-state index in [1.54, 1.807) is 32.6 Å². The first-order valence-corrected chi connectivity index (χ1v) is 11.5. The van der Waals surface area contributed by atoms with Crippen LogP contribution in [-0.2, 0) is 4.74 Å². The van der Waals surface area contributed by atoms with Crippen LogP contribution in [0.4, 0.5) is 0 Å². The Morgan fingerprint density at radius 2 is 1.86 bits per heavy atom. The van der Waals surface area contributed by atoms with Crippen molar-refractivity contribution in [3.63, 3.8) is 0 Å². The fraction of sp³-hybridized carbons (Fsp3) is 0.346. The molecule has 4 rings (SSSR count). The molecule has 0 saturated carbocycles. The van der Waals surface area contributed by atoms with Crippen LogP contribution in [0.3, 0.4) is 0 Å². The zero-order valence-electron chi connectivity index (χ0n) is 20.3. The molecule has 1 aromatic carbocycles. The summed E-state index contributed by atoms with van der Waals surface area (Å²) in [6.07, 6.45) is 5.07. The fourth-order valence-corrected chi connectivity index (χ4v) is 4.68. The third kappa shape index (κ3) is 5.08. The van der Waals surface area contributed by atoms with E-state index in [0.717, 1.165) is 18.5 Å². The van der Waals surface area contributed by atoms with E-state index < -0.39 is 0 Å². The maximum Gasteiger partial charge on any atom is 0.273 e. The van der Waals surface area contributed by atoms with Crippen molar-refractivity contribution in [2.75, 3.05) is 27.3 Å². The molecule has 2 aliphatic heterocycles. The number of para-hydroxylation sites is 1. The highest BCUT2D eigenvalue weighted by Crippen LogP contribution is 2.35. The van der Waals surface area contributed by atoms with E-state index in [-0.39, 0.29) is 23.8 Å². The average Bonchev–Trinajstić information content (AvgIpc) is 3.15. The normalized spacial score (nSPS) is 20.3. The second-order valence-electron chi connectivity index (χ2n) is 8.52. The van der Waals surface area contributed by atoms with E-state index in [4.69, 9.17) is 19.9 Å². The van der Waals surface area contributed by atoms with Crippen LogP contribution in [0.5, 0.6) is 17.2 Å². The van der Waals surface area contributed by atoms with Gasteiger partial charge in [-0.05, 0) is 38.6 Å². The van der Waals surface area contributed by atoms with E-state index in [0.29, 0.717) is 41.8 Å². The predicted octanol–water partition coefficient (Wildman–Crippen LogP) is 3.55. The number of fused-ring (bicyclic) bond motifs is 2. The Bertz CT molecular complexity index is 1130. The van der Waals surface area contributed by atoms with Gasteiger partial charge in [-0.25, -0.2) is 9.98 Å². The molecule has 0 radical (unpaired) electrons. The van der Waals surface area contributed by atoms with Crippen LogP contribution in [0.1, 0.15) is 30.3 Å². The standard InChI is InChI=1S/C26H31N5O4/c1-17(22(33-3)13-25(27)28-2)30-15-18-10-11-19(16-30)31(18)26(32)21-12-23(34-4)24(14-29-21)35-20-8-6-5-7-9-20/h5-9,12-14,18-19H,2,10-11,15-16,27H2,1,3-4H3/b22-17-,25-13-. The summed E-state index contributed by atoms with van der Waals surface area (Å²) in [5.74, 6) is 2.40. The third-order valence-electron chi connectivity index (χ3n) is 6.47. The fourth-order valence-electron chi connectivity index (χ4n) is 4.68. The van der Waals surface area contributed by atoms with Crippen molar-refractivity contribution in [2.45, 2.75) is 31.8 Å². The lowest BCUT2D eigenvalue weighted by atomic mass is 10.1. The number of methoxy groups -OCH3 is 2. The van der Waals surface area contributed by atoms with E-state index >= 15 is 0 Å². The molecule has 2 saturated heterocycles. The highest BCUT2D eigenvalue weighted by Gasteiger charge is 2.43. The minimum atomic E-state index is -0.102. The quantitative estimate of drug-likeness (QED) is 0.352. The predicted molar refractivity (Wildman–Crippen MR) is 133 cm³/mol. The van der Waals surface area contributed by atoms with E-state index in [1.807, 2.05) is 42.2 Å². The number of benzene rings is 1. The molecular formula is C26H31N5O4. The van der Waals surface area contributed by atoms with Crippen LogP contribution >= 0.6 is 0 Å². The molecule has 0 aliphatic carbocycles. The largest absolute Gasteiger partial charge is 0.495 e. The second-order valence-corrected chi connectivity index (χ2v) is 8.52. The van der Waals surface area contributed by atoms with E-state index in [9.17, 15) is 4.79 Å². The summed E-state index contributed by atoms with van der Waals surface area (Å²) in [6, 6.07) is 11.2. The zero-order chi connectivity index (χ0) is 24.9. The van der Waals surface area contributed by atoms with Gasteiger partial charge < -0.3 is 29.7 Å². The summed E-state index contributed by atoms with van der Waals surface area (Å²) in [5.41, 5.74) is 7.10. The molecule has 3 heterocycles. The van der Waals surface area contributed by atoms with Crippen LogP contribution < -0.4 is 15.2 Å². The first-order chi connectivity index (χ1) is 16.9. The number of aliphatic imine (C=N–C) groups is 1. The number of hydrogen-bond acceptors (Lipinski definition) is 8. The zero-order valence-corrected chi connectivity index (χ0v) is 20.3. The average molecular weight is 478 g/mol. The number of piperazine rings is 1. The van der Waals surface area contributed by atoms with Gasteiger partial charge in [0.15, 0.2) is 11.5 Å². The van der Waals surface area contributed by atoms with Gasteiger partial charge in [-0.1, -0.05) is 18.2 Å². The first-order valence-electron chi connectivity index (χ1n) is 11.5. The van der Waals surface area contributed by atoms with Crippen molar-refractivity contribution in [1.29, 1.82) is 0 Å². The van der Waals surface area contributed by atoms with Crippen LogP contribution in [0, 0.1) is 0 Å². The lowest BCUT2D eigenvalue weighted by Gasteiger charge is -2.42. The van der Waals surface area contributed by atoms with Gasteiger partial charge in [-0.3, -0.25) is 4.79 Å². The number of aromatic nitrogens is 1. The van der Waals surface area contributed by atoms with E-state index in [1.165, 1.54) is 0 Å². The number of carbonyl (C=O) groups excluding carboxylic acids is 1. The third-order valence-corrected chi connectivity index (χ3v) is 6.47. The van der Waals surface area contributed by atoms with Gasteiger partial charge in [0, 0.05) is 25.2 Å². The highest BCUT2D eigenvalue weighted by atomic mass is 16.5. The molecule has 2 bridgehead atoms. The number of hydrogen-bond donors (Lipinski definition) is 1. The lowest BCUT2D eigenvalue weighted by Crippen LogP contribution is -2.55. The van der Waals surface area contributed by atoms with E-state index in [2.05, 4.69) is 21.6 Å². The Hall–Kier alpha value is -4.01. The number of likely N-dealkylation sites (tertiary alicyclic amines) is 1. The Morgan fingerprint density at radius 3 is 2.46 bits per heavy atom. The minimum Gasteiger partial charge on any atom is -0.495 e. The SMILES string of the molecule is C=N/C(N)=C\C(OC)=C(/C)N1CC2CCC(C1)N2C(=O)c1cc(OC)c(Oc2ccccc2)cn1. The van der Waals surface area contributed by atoms with Gasteiger partial charge >= 0.3 is 0 Å². The molecule has 0 spiro atoms. The lowest BCUT2D eigenvalue weighted by molar-refractivity contribution is 0.0470. The van der Waals surface area contributed by atoms with Gasteiger partial charge in [-0.15, -0.1) is 0 Å². The summed E-state index contributed by atoms with van der Waals surface area (Å²) in [5, 5.41) is 0. The molecule has 2 unspecified atom stereocenters. The Balaban J connectivity index is 1.52. The Labute approximate surface area is 205 Å². The van der Waals surface area contributed by atoms with Crippen LogP contribution in [0.25, 0.3) is 0 Å². The second kappa shape index (κ2) is 10.5. The van der Waals surface area contributed by atoms with Crippen LogP contribution in [-0.4, -0.2) is 66.8 Å². The summed E-state index contributed by atoms with van der Waals surface area (Å²) >= 11 is 0. The number of ether oxygens (including phenoxy) is 3. The molecule has 1 aromatic heterocycles. The molecule has 9 nitrogen and oxygen atoms in total. The topological polar surface area (TPSA) is 103 Å². The van der Waals surface area contributed by atoms with Gasteiger partial charge in [0.2, 0.25) is 0 Å². The van der Waals surface area contributed by atoms with Gasteiger partial charge in [0.05, 0.1) is 38.2 Å². The molecule has 2 fully saturated rings. The van der Waals surface area contributed by atoms with Gasteiger partial charge in [0.1, 0.15) is 23.0 Å². The maximum absolute atomic E-state index is 13.5. The number of carbonyl (C=O) groups is 1. The number of rotatable bonds is 8. The Kier molecular flexibility index (Phi) is 7.24. The molecule has 2 N–H and O–H groups in total. The number of amides is 1. The smallest absolute Gasteiger partial charge is 0.273 e. The molecule has 9 heteroatoms. The van der Waals surface area contributed by atoms with Crippen molar-refractivity contribution < 1.29 is 19.0 Å². The number of pyridine rings is 1.